The smallest absolute Gasteiger partial charge is 0.417 e. The van der Waals surface area contributed by atoms with Crippen molar-refractivity contribution in [3.63, 3.8) is 0 Å². The van der Waals surface area contributed by atoms with Crippen LogP contribution in [0.25, 0.3) is 0 Å². The van der Waals surface area contributed by atoms with Gasteiger partial charge in [0.05, 0.1) is 0 Å². The highest BCUT2D eigenvalue weighted by atomic mass is 16.6. The Balaban J connectivity index is 2.04. The average molecular weight is 242 g/mol. The van der Waals surface area contributed by atoms with Gasteiger partial charge in [-0.05, 0) is 37.6 Å². The van der Waals surface area contributed by atoms with Gasteiger partial charge in [0.1, 0.15) is 0 Å². The van der Waals surface area contributed by atoms with E-state index < -0.39 is 5.60 Å². The molecule has 2 unspecified atom stereocenters. The van der Waals surface area contributed by atoms with Gasteiger partial charge in [-0.15, -0.1) is 0 Å². The highest BCUT2D eigenvalue weighted by molar-refractivity contribution is 5.93. The molecule has 18 heavy (non-hydrogen) atoms. The second kappa shape index (κ2) is 3.70. The largest absolute Gasteiger partial charge is 0.434 e. The molecule has 2 heterocycles. The standard InChI is InChI=1S/C14H14N2O2/c1-10-8-14(2)12(15-9-10)16(13(17)18-14)11-6-4-3-5-7-11/h3-9,12H,1-2H3. The van der Waals surface area contributed by atoms with Crippen LogP contribution in [-0.2, 0) is 4.74 Å². The van der Waals surface area contributed by atoms with Crippen LogP contribution in [0.5, 0.6) is 0 Å². The van der Waals surface area contributed by atoms with E-state index in [0.717, 1.165) is 11.3 Å². The number of amides is 1. The molecule has 4 nitrogen and oxygen atoms in total. The molecule has 1 aromatic carbocycles. The van der Waals surface area contributed by atoms with E-state index in [0.29, 0.717) is 0 Å². The maximum absolute atomic E-state index is 12.1. The monoisotopic (exact) mass is 242 g/mol. The lowest BCUT2D eigenvalue weighted by Crippen LogP contribution is -2.42. The van der Waals surface area contributed by atoms with Gasteiger partial charge in [-0.3, -0.25) is 9.89 Å². The third-order valence-corrected chi connectivity index (χ3v) is 3.23. The predicted octanol–water partition coefficient (Wildman–Crippen LogP) is 2.76. The van der Waals surface area contributed by atoms with Gasteiger partial charge in [0, 0.05) is 11.9 Å². The predicted molar refractivity (Wildman–Crippen MR) is 69.8 cm³/mol. The number of ether oxygens (including phenoxy) is 1. The van der Waals surface area contributed by atoms with Crippen molar-refractivity contribution >= 4 is 18.0 Å². The zero-order chi connectivity index (χ0) is 12.8. The molecule has 0 radical (unpaired) electrons. The fraction of sp³-hybridized carbons (Fsp3) is 0.286. The van der Waals surface area contributed by atoms with Gasteiger partial charge in [-0.1, -0.05) is 18.2 Å². The first kappa shape index (κ1) is 11.0. The molecule has 2 aliphatic rings. The number of benzene rings is 1. The minimum atomic E-state index is -0.675. The van der Waals surface area contributed by atoms with Crippen molar-refractivity contribution in [3.8, 4) is 0 Å². The van der Waals surface area contributed by atoms with Gasteiger partial charge in [-0.2, -0.15) is 0 Å². The summed E-state index contributed by atoms with van der Waals surface area (Å²) >= 11 is 0. The normalized spacial score (nSPS) is 29.9. The number of allylic oxidation sites excluding steroid dienone is 1. The lowest BCUT2D eigenvalue weighted by molar-refractivity contribution is 0.0917. The molecule has 0 N–H and O–H groups in total. The SMILES string of the molecule is CC1=CC2(C)OC(=O)N(c3ccccc3)C2N=C1. The number of fused-ring (bicyclic) bond motifs is 1. The summed E-state index contributed by atoms with van der Waals surface area (Å²) in [5, 5.41) is 0. The first-order valence-corrected chi connectivity index (χ1v) is 5.90. The highest BCUT2D eigenvalue weighted by Gasteiger charge is 2.51. The maximum atomic E-state index is 12.1. The van der Waals surface area contributed by atoms with Gasteiger partial charge in [-0.25, -0.2) is 4.79 Å². The molecule has 2 aliphatic heterocycles. The van der Waals surface area contributed by atoms with Gasteiger partial charge in [0.15, 0.2) is 11.8 Å². The van der Waals surface area contributed by atoms with Crippen LogP contribution >= 0.6 is 0 Å². The summed E-state index contributed by atoms with van der Waals surface area (Å²) < 4.78 is 5.49. The van der Waals surface area contributed by atoms with Crippen LogP contribution in [-0.4, -0.2) is 24.1 Å². The molecule has 1 aromatic rings. The van der Waals surface area contributed by atoms with Gasteiger partial charge >= 0.3 is 6.09 Å². The molecule has 4 heteroatoms. The summed E-state index contributed by atoms with van der Waals surface area (Å²) in [6, 6.07) is 9.47. The number of nitrogens with zero attached hydrogens (tertiary/aromatic N) is 2. The fourth-order valence-electron chi connectivity index (χ4n) is 2.48. The Morgan fingerprint density at radius 1 is 1.33 bits per heavy atom. The number of rotatable bonds is 1. The summed E-state index contributed by atoms with van der Waals surface area (Å²) in [5.41, 5.74) is 1.14. The minimum Gasteiger partial charge on any atom is -0.434 e. The summed E-state index contributed by atoms with van der Waals surface area (Å²) in [6.07, 6.45) is 3.06. The number of anilines is 1. The summed E-state index contributed by atoms with van der Waals surface area (Å²) in [7, 11) is 0. The van der Waals surface area contributed by atoms with Crippen LogP contribution < -0.4 is 4.90 Å². The van der Waals surface area contributed by atoms with E-state index in [1.54, 1.807) is 11.1 Å². The Kier molecular flexibility index (Phi) is 2.26. The van der Waals surface area contributed by atoms with Crippen molar-refractivity contribution in [1.29, 1.82) is 0 Å². The maximum Gasteiger partial charge on any atom is 0.417 e. The number of hydrogen-bond acceptors (Lipinski definition) is 3. The van der Waals surface area contributed by atoms with Gasteiger partial charge in [0.2, 0.25) is 0 Å². The molecular formula is C14H14N2O2. The zero-order valence-electron chi connectivity index (χ0n) is 10.3. The van der Waals surface area contributed by atoms with Crippen LogP contribution in [0, 0.1) is 0 Å². The van der Waals surface area contributed by atoms with E-state index in [-0.39, 0.29) is 12.3 Å². The lowest BCUT2D eigenvalue weighted by atomic mass is 9.97. The van der Waals surface area contributed by atoms with Crippen LogP contribution in [0.15, 0.2) is 47.0 Å². The Morgan fingerprint density at radius 3 is 2.78 bits per heavy atom. The third-order valence-electron chi connectivity index (χ3n) is 3.23. The molecule has 2 atom stereocenters. The minimum absolute atomic E-state index is 0.323. The van der Waals surface area contributed by atoms with Crippen LogP contribution in [0.3, 0.4) is 0 Å². The molecule has 0 bridgehead atoms. The molecule has 1 fully saturated rings. The molecule has 0 aliphatic carbocycles. The first-order valence-electron chi connectivity index (χ1n) is 5.90. The molecule has 3 rings (SSSR count). The Bertz CT molecular complexity index is 550. The Morgan fingerprint density at radius 2 is 2.06 bits per heavy atom. The molecule has 1 saturated heterocycles. The molecular weight excluding hydrogens is 228 g/mol. The first-order chi connectivity index (χ1) is 8.60. The van der Waals surface area contributed by atoms with Gasteiger partial charge in [0.25, 0.3) is 0 Å². The van der Waals surface area contributed by atoms with E-state index in [1.807, 2.05) is 50.3 Å². The number of hydrogen-bond donors (Lipinski definition) is 0. The van der Waals surface area contributed by atoms with Gasteiger partial charge < -0.3 is 4.74 Å². The summed E-state index contributed by atoms with van der Waals surface area (Å²) in [4.78, 5) is 18.1. The number of aliphatic imine (C=N–C) groups is 1. The number of carbonyl (C=O) groups excluding carboxylic acids is 1. The highest BCUT2D eigenvalue weighted by Crippen LogP contribution is 2.37. The van der Waals surface area contributed by atoms with Crippen molar-refractivity contribution in [2.45, 2.75) is 25.6 Å². The quantitative estimate of drug-likeness (QED) is 0.759. The molecule has 0 saturated carbocycles. The zero-order valence-corrected chi connectivity index (χ0v) is 10.3. The van der Waals surface area contributed by atoms with Crippen LogP contribution in [0.4, 0.5) is 10.5 Å². The lowest BCUT2D eigenvalue weighted by Gasteiger charge is -2.29. The number of para-hydroxylation sites is 1. The summed E-state index contributed by atoms with van der Waals surface area (Å²) in [6.45, 7) is 3.84. The van der Waals surface area contributed by atoms with Crippen molar-refractivity contribution in [2.24, 2.45) is 4.99 Å². The van der Waals surface area contributed by atoms with Crippen LogP contribution in [0.1, 0.15) is 13.8 Å². The van der Waals surface area contributed by atoms with E-state index in [2.05, 4.69) is 4.99 Å². The fourth-order valence-corrected chi connectivity index (χ4v) is 2.48. The Hall–Kier alpha value is -2.10. The summed E-state index contributed by atoms with van der Waals surface area (Å²) in [5.74, 6) is 0. The van der Waals surface area contributed by atoms with E-state index >= 15 is 0 Å². The number of dihydropyridines is 1. The van der Waals surface area contributed by atoms with E-state index in [4.69, 9.17) is 4.74 Å². The average Bonchev–Trinajstić information content (AvgIpc) is 2.59. The molecule has 92 valence electrons. The molecule has 1 amide bonds. The number of carbonyl (C=O) groups is 1. The second-order valence-corrected chi connectivity index (χ2v) is 4.80. The van der Waals surface area contributed by atoms with Crippen molar-refractivity contribution in [3.05, 3.63) is 42.0 Å². The second-order valence-electron chi connectivity index (χ2n) is 4.80. The van der Waals surface area contributed by atoms with E-state index in [9.17, 15) is 4.79 Å². The Labute approximate surface area is 106 Å². The van der Waals surface area contributed by atoms with Crippen molar-refractivity contribution < 1.29 is 9.53 Å². The van der Waals surface area contributed by atoms with Crippen LogP contribution in [0.2, 0.25) is 0 Å². The molecule has 0 spiro atoms. The van der Waals surface area contributed by atoms with Crippen molar-refractivity contribution in [2.75, 3.05) is 4.90 Å². The topological polar surface area (TPSA) is 41.9 Å². The van der Waals surface area contributed by atoms with Crippen molar-refractivity contribution in [1.82, 2.24) is 0 Å². The third kappa shape index (κ3) is 1.53. The van der Waals surface area contributed by atoms with E-state index in [1.165, 1.54) is 0 Å². The molecule has 0 aromatic heterocycles.